The molecule has 1 amide bonds. The summed E-state index contributed by atoms with van der Waals surface area (Å²) in [6, 6.07) is 12.4. The van der Waals surface area contributed by atoms with Crippen LogP contribution in [0, 0.1) is 0 Å². The molecule has 0 saturated carbocycles. The highest BCUT2D eigenvalue weighted by Gasteiger charge is 2.12. The molecule has 0 bridgehead atoms. The molecule has 7 heteroatoms. The van der Waals surface area contributed by atoms with Crippen molar-refractivity contribution >= 4 is 34.7 Å². The van der Waals surface area contributed by atoms with Crippen LogP contribution < -0.4 is 14.9 Å². The fourth-order valence-corrected chi connectivity index (χ4v) is 2.70. The largest absolute Gasteiger partial charge is 0.490 e. The van der Waals surface area contributed by atoms with Crippen molar-refractivity contribution in [1.29, 1.82) is 0 Å². The smallest absolute Gasteiger partial charge is 0.307 e. The van der Waals surface area contributed by atoms with Gasteiger partial charge in [0.2, 0.25) is 0 Å². The lowest BCUT2D eigenvalue weighted by Gasteiger charge is -2.12. The van der Waals surface area contributed by atoms with Gasteiger partial charge in [0.05, 0.1) is 24.5 Å². The van der Waals surface area contributed by atoms with Gasteiger partial charge in [0.25, 0.3) is 0 Å². The molecule has 0 spiro atoms. The molecule has 3 aromatic rings. The summed E-state index contributed by atoms with van der Waals surface area (Å²) in [7, 11) is 0. The first kappa shape index (κ1) is 18.8. The number of carbonyl (C=O) groups is 1. The lowest BCUT2D eigenvalue weighted by Crippen LogP contribution is -2.16. The summed E-state index contributed by atoms with van der Waals surface area (Å²) in [6.45, 7) is 4.75. The van der Waals surface area contributed by atoms with E-state index in [0.29, 0.717) is 40.9 Å². The van der Waals surface area contributed by atoms with Gasteiger partial charge in [-0.2, -0.15) is 5.10 Å². The Kier molecular flexibility index (Phi) is 5.98. The van der Waals surface area contributed by atoms with Crippen molar-refractivity contribution < 1.29 is 18.7 Å². The van der Waals surface area contributed by atoms with Gasteiger partial charge in [-0.25, -0.2) is 5.43 Å². The van der Waals surface area contributed by atoms with Crippen LogP contribution in [0.4, 0.5) is 0 Å². The molecule has 0 aliphatic rings. The lowest BCUT2D eigenvalue weighted by molar-refractivity contribution is 0.0929. The van der Waals surface area contributed by atoms with Crippen molar-refractivity contribution in [2.45, 2.75) is 13.8 Å². The van der Waals surface area contributed by atoms with E-state index in [1.165, 1.54) is 6.21 Å². The van der Waals surface area contributed by atoms with E-state index in [0.717, 1.165) is 5.39 Å². The minimum atomic E-state index is -0.449. The molecule has 6 nitrogen and oxygen atoms in total. The molecule has 0 aliphatic heterocycles. The molecule has 140 valence electrons. The number of hydrazone groups is 1. The number of carbonyl (C=O) groups excluding carboxylic acids is 1. The van der Waals surface area contributed by atoms with Crippen LogP contribution in [-0.4, -0.2) is 25.3 Å². The highest BCUT2D eigenvalue weighted by molar-refractivity contribution is 6.33. The number of benzene rings is 2. The van der Waals surface area contributed by atoms with Crippen molar-refractivity contribution in [3.63, 3.8) is 0 Å². The SMILES string of the molecule is CCOc1cc(Cl)c(/C=N/NC(=O)c2cc3ccccc3o2)cc1OCC. The first-order valence-electron chi connectivity index (χ1n) is 8.53. The van der Waals surface area contributed by atoms with E-state index in [1.54, 1.807) is 24.3 Å². The molecule has 1 aromatic heterocycles. The number of fused-ring (bicyclic) bond motifs is 1. The quantitative estimate of drug-likeness (QED) is 0.474. The predicted octanol–water partition coefficient (Wildman–Crippen LogP) is 4.65. The number of amides is 1. The first-order chi connectivity index (χ1) is 13.1. The highest BCUT2D eigenvalue weighted by Crippen LogP contribution is 2.33. The molecule has 3 rings (SSSR count). The monoisotopic (exact) mass is 386 g/mol. The number of nitrogens with one attached hydrogen (secondary N) is 1. The molecule has 27 heavy (non-hydrogen) atoms. The van der Waals surface area contributed by atoms with E-state index >= 15 is 0 Å². The molecule has 1 N–H and O–H groups in total. The second-order valence-electron chi connectivity index (χ2n) is 5.53. The summed E-state index contributed by atoms with van der Waals surface area (Å²) < 4.78 is 16.6. The molecular weight excluding hydrogens is 368 g/mol. The van der Waals surface area contributed by atoms with Crippen molar-refractivity contribution in [2.24, 2.45) is 5.10 Å². The van der Waals surface area contributed by atoms with Gasteiger partial charge >= 0.3 is 5.91 Å². The molecule has 0 atom stereocenters. The van der Waals surface area contributed by atoms with Crippen LogP contribution in [-0.2, 0) is 0 Å². The Hall–Kier alpha value is -2.99. The number of hydrogen-bond donors (Lipinski definition) is 1. The fourth-order valence-electron chi connectivity index (χ4n) is 2.50. The van der Waals surface area contributed by atoms with Crippen LogP contribution in [0.2, 0.25) is 5.02 Å². The van der Waals surface area contributed by atoms with E-state index < -0.39 is 5.91 Å². The van der Waals surface area contributed by atoms with Crippen LogP contribution in [0.3, 0.4) is 0 Å². The topological polar surface area (TPSA) is 73.1 Å². The van der Waals surface area contributed by atoms with Crippen molar-refractivity contribution in [1.82, 2.24) is 5.43 Å². The zero-order valence-corrected chi connectivity index (χ0v) is 15.7. The summed E-state index contributed by atoms with van der Waals surface area (Å²) in [5, 5.41) is 5.24. The lowest BCUT2D eigenvalue weighted by atomic mass is 10.2. The standard InChI is InChI=1S/C20H19ClN2O4/c1-3-25-17-10-14(15(21)11-18(17)26-4-2)12-22-23-20(24)19-9-13-7-5-6-8-16(13)27-19/h5-12H,3-4H2,1-2H3,(H,23,24)/b22-12+. The van der Waals surface area contributed by atoms with Gasteiger partial charge in [0, 0.05) is 17.0 Å². The summed E-state index contributed by atoms with van der Waals surface area (Å²) in [6.07, 6.45) is 1.45. The van der Waals surface area contributed by atoms with Crippen LogP contribution in [0.5, 0.6) is 11.5 Å². The Morgan fingerprint density at radius 3 is 2.56 bits per heavy atom. The Morgan fingerprint density at radius 2 is 1.85 bits per heavy atom. The number of furan rings is 1. The minimum absolute atomic E-state index is 0.182. The van der Waals surface area contributed by atoms with Gasteiger partial charge < -0.3 is 13.9 Å². The number of ether oxygens (including phenoxy) is 2. The van der Waals surface area contributed by atoms with Crippen molar-refractivity contribution in [2.75, 3.05) is 13.2 Å². The molecule has 1 heterocycles. The summed E-state index contributed by atoms with van der Waals surface area (Å²) in [4.78, 5) is 12.2. The average Bonchev–Trinajstić information content (AvgIpc) is 3.09. The molecule has 0 fully saturated rings. The zero-order chi connectivity index (χ0) is 19.2. The summed E-state index contributed by atoms with van der Waals surface area (Å²) in [5.41, 5.74) is 3.67. The molecular formula is C20H19ClN2O4. The number of para-hydroxylation sites is 1. The first-order valence-corrected chi connectivity index (χ1v) is 8.91. The maximum absolute atomic E-state index is 12.2. The maximum Gasteiger partial charge on any atom is 0.307 e. The van der Waals surface area contributed by atoms with Crippen LogP contribution in [0.15, 0.2) is 52.0 Å². The van der Waals surface area contributed by atoms with Crippen LogP contribution in [0.1, 0.15) is 30.0 Å². The highest BCUT2D eigenvalue weighted by atomic mass is 35.5. The molecule has 0 aliphatic carbocycles. The summed E-state index contributed by atoms with van der Waals surface area (Å²) in [5.74, 6) is 0.859. The number of rotatable bonds is 7. The molecule has 0 radical (unpaired) electrons. The Balaban J connectivity index is 1.75. The Bertz CT molecular complexity index is 948. The van der Waals surface area contributed by atoms with E-state index in [2.05, 4.69) is 10.5 Å². The van der Waals surface area contributed by atoms with E-state index in [4.69, 9.17) is 25.5 Å². The third kappa shape index (κ3) is 4.41. The van der Waals surface area contributed by atoms with Crippen LogP contribution >= 0.6 is 11.6 Å². The third-order valence-electron chi connectivity index (χ3n) is 3.68. The summed E-state index contributed by atoms with van der Waals surface area (Å²) >= 11 is 6.26. The van der Waals surface area contributed by atoms with E-state index in [-0.39, 0.29) is 5.76 Å². The van der Waals surface area contributed by atoms with Crippen molar-refractivity contribution in [3.8, 4) is 11.5 Å². The van der Waals surface area contributed by atoms with Crippen molar-refractivity contribution in [3.05, 3.63) is 58.8 Å². The third-order valence-corrected chi connectivity index (χ3v) is 4.01. The number of halogens is 1. The van der Waals surface area contributed by atoms with Gasteiger partial charge in [-0.05, 0) is 32.0 Å². The van der Waals surface area contributed by atoms with E-state index in [1.807, 2.05) is 32.0 Å². The van der Waals surface area contributed by atoms with Crippen LogP contribution in [0.25, 0.3) is 11.0 Å². The number of nitrogens with zero attached hydrogens (tertiary/aromatic N) is 1. The van der Waals surface area contributed by atoms with Gasteiger partial charge in [-0.1, -0.05) is 29.8 Å². The fraction of sp³-hybridized carbons (Fsp3) is 0.200. The maximum atomic E-state index is 12.2. The molecule has 0 saturated heterocycles. The van der Waals surface area contributed by atoms with Gasteiger partial charge in [0.1, 0.15) is 5.58 Å². The van der Waals surface area contributed by atoms with Gasteiger partial charge in [0.15, 0.2) is 17.3 Å². The zero-order valence-electron chi connectivity index (χ0n) is 15.0. The Labute approximate surface area is 161 Å². The molecule has 2 aromatic carbocycles. The van der Waals surface area contributed by atoms with Gasteiger partial charge in [-0.15, -0.1) is 0 Å². The minimum Gasteiger partial charge on any atom is -0.490 e. The predicted molar refractivity (Wildman–Crippen MR) is 105 cm³/mol. The second-order valence-corrected chi connectivity index (χ2v) is 5.94. The van der Waals surface area contributed by atoms with Gasteiger partial charge in [-0.3, -0.25) is 4.79 Å². The molecule has 0 unspecified atom stereocenters. The number of hydrogen-bond acceptors (Lipinski definition) is 5. The Morgan fingerprint density at radius 1 is 1.15 bits per heavy atom. The second kappa shape index (κ2) is 8.60. The average molecular weight is 387 g/mol. The normalized spacial score (nSPS) is 11.1. The van der Waals surface area contributed by atoms with E-state index in [9.17, 15) is 4.79 Å².